The molecule has 16 heavy (non-hydrogen) atoms. The topological polar surface area (TPSA) is 39.9 Å². The van der Waals surface area contributed by atoms with E-state index >= 15 is 0 Å². The molecule has 1 aromatic carbocycles. The predicted octanol–water partition coefficient (Wildman–Crippen LogP) is 1.61. The smallest absolute Gasteiger partial charge is 0.118 e. The highest BCUT2D eigenvalue weighted by molar-refractivity contribution is 5.27. The molecular formula is C12H15N3O. The van der Waals surface area contributed by atoms with E-state index in [-0.39, 0.29) is 0 Å². The summed E-state index contributed by atoms with van der Waals surface area (Å²) in [6, 6.07) is 8.11. The molecule has 0 unspecified atom stereocenters. The highest BCUT2D eigenvalue weighted by atomic mass is 16.5. The summed E-state index contributed by atoms with van der Waals surface area (Å²) in [5.41, 5.74) is 2.31. The van der Waals surface area contributed by atoms with E-state index in [1.54, 1.807) is 11.8 Å². The standard InChI is InChI=1S/C12H15N3O/c1-15-9-11(13-14-15)6-3-10-4-7-12(16-2)8-5-10/h4-5,7-9H,3,6H2,1-2H3. The average molecular weight is 217 g/mol. The van der Waals surface area contributed by atoms with Crippen molar-refractivity contribution < 1.29 is 4.74 Å². The van der Waals surface area contributed by atoms with E-state index in [9.17, 15) is 0 Å². The van der Waals surface area contributed by atoms with Gasteiger partial charge in [0.1, 0.15) is 5.75 Å². The van der Waals surface area contributed by atoms with Crippen LogP contribution in [0.15, 0.2) is 30.5 Å². The molecule has 0 atom stereocenters. The van der Waals surface area contributed by atoms with Crippen LogP contribution in [-0.2, 0) is 19.9 Å². The molecule has 4 heteroatoms. The van der Waals surface area contributed by atoms with Gasteiger partial charge in [-0.25, -0.2) is 0 Å². The normalized spacial score (nSPS) is 10.4. The number of nitrogens with zero attached hydrogens (tertiary/aromatic N) is 3. The second-order valence-corrected chi connectivity index (χ2v) is 3.73. The molecule has 0 fully saturated rings. The van der Waals surface area contributed by atoms with Crippen molar-refractivity contribution in [2.45, 2.75) is 12.8 Å². The summed E-state index contributed by atoms with van der Waals surface area (Å²) < 4.78 is 6.84. The number of methoxy groups -OCH3 is 1. The molecule has 0 aliphatic heterocycles. The van der Waals surface area contributed by atoms with Crippen LogP contribution in [0.2, 0.25) is 0 Å². The molecule has 0 spiro atoms. The van der Waals surface area contributed by atoms with Gasteiger partial charge in [0.25, 0.3) is 0 Å². The fourth-order valence-corrected chi connectivity index (χ4v) is 1.57. The van der Waals surface area contributed by atoms with Crippen LogP contribution in [0.4, 0.5) is 0 Å². The molecule has 0 radical (unpaired) electrons. The van der Waals surface area contributed by atoms with Crippen LogP contribution in [0.1, 0.15) is 11.3 Å². The minimum atomic E-state index is 0.892. The number of benzene rings is 1. The molecule has 2 aromatic rings. The third-order valence-electron chi connectivity index (χ3n) is 2.48. The first-order valence-electron chi connectivity index (χ1n) is 5.26. The van der Waals surface area contributed by atoms with E-state index in [1.165, 1.54) is 5.56 Å². The first-order valence-corrected chi connectivity index (χ1v) is 5.26. The van der Waals surface area contributed by atoms with E-state index < -0.39 is 0 Å². The Balaban J connectivity index is 1.94. The van der Waals surface area contributed by atoms with E-state index in [0.29, 0.717) is 0 Å². The number of aryl methyl sites for hydroxylation is 3. The minimum Gasteiger partial charge on any atom is -0.497 e. The van der Waals surface area contributed by atoms with Crippen LogP contribution in [0.25, 0.3) is 0 Å². The van der Waals surface area contributed by atoms with Crippen LogP contribution >= 0.6 is 0 Å². The monoisotopic (exact) mass is 217 g/mol. The lowest BCUT2D eigenvalue weighted by molar-refractivity contribution is 0.414. The Bertz CT molecular complexity index is 448. The fourth-order valence-electron chi connectivity index (χ4n) is 1.57. The maximum atomic E-state index is 5.11. The molecule has 0 saturated carbocycles. The molecular weight excluding hydrogens is 202 g/mol. The van der Waals surface area contributed by atoms with Gasteiger partial charge in [-0.3, -0.25) is 4.68 Å². The average Bonchev–Trinajstić information content (AvgIpc) is 2.73. The molecule has 2 rings (SSSR count). The number of rotatable bonds is 4. The van der Waals surface area contributed by atoms with Crippen molar-refractivity contribution in [2.24, 2.45) is 7.05 Å². The van der Waals surface area contributed by atoms with E-state index in [0.717, 1.165) is 24.3 Å². The maximum absolute atomic E-state index is 5.11. The van der Waals surface area contributed by atoms with Crippen molar-refractivity contribution >= 4 is 0 Å². The van der Waals surface area contributed by atoms with Crippen molar-refractivity contribution in [3.63, 3.8) is 0 Å². The van der Waals surface area contributed by atoms with Gasteiger partial charge in [-0.1, -0.05) is 17.3 Å². The molecule has 1 aromatic heterocycles. The van der Waals surface area contributed by atoms with Gasteiger partial charge in [-0.15, -0.1) is 5.10 Å². The largest absolute Gasteiger partial charge is 0.497 e. The van der Waals surface area contributed by atoms with Crippen LogP contribution in [0.3, 0.4) is 0 Å². The number of ether oxygens (including phenoxy) is 1. The molecule has 0 amide bonds. The van der Waals surface area contributed by atoms with Gasteiger partial charge < -0.3 is 4.74 Å². The Morgan fingerprint density at radius 2 is 1.94 bits per heavy atom. The lowest BCUT2D eigenvalue weighted by Crippen LogP contribution is -1.92. The summed E-state index contributed by atoms with van der Waals surface area (Å²) >= 11 is 0. The quantitative estimate of drug-likeness (QED) is 0.781. The lowest BCUT2D eigenvalue weighted by atomic mass is 10.1. The Morgan fingerprint density at radius 3 is 2.50 bits per heavy atom. The Hall–Kier alpha value is -1.84. The van der Waals surface area contributed by atoms with Gasteiger partial charge in [-0.05, 0) is 30.5 Å². The summed E-state index contributed by atoms with van der Waals surface area (Å²) in [6.07, 6.45) is 3.84. The summed E-state index contributed by atoms with van der Waals surface area (Å²) in [4.78, 5) is 0. The van der Waals surface area contributed by atoms with Gasteiger partial charge in [0.2, 0.25) is 0 Å². The van der Waals surface area contributed by atoms with E-state index in [4.69, 9.17) is 4.74 Å². The molecule has 0 aliphatic carbocycles. The maximum Gasteiger partial charge on any atom is 0.118 e. The highest BCUT2D eigenvalue weighted by Crippen LogP contribution is 2.12. The van der Waals surface area contributed by atoms with Crippen molar-refractivity contribution in [1.29, 1.82) is 0 Å². The van der Waals surface area contributed by atoms with Crippen LogP contribution in [0.5, 0.6) is 5.75 Å². The molecule has 0 aliphatic rings. The minimum absolute atomic E-state index is 0.892. The summed E-state index contributed by atoms with van der Waals surface area (Å²) in [5, 5.41) is 7.96. The predicted molar refractivity (Wildman–Crippen MR) is 61.4 cm³/mol. The van der Waals surface area contributed by atoms with Gasteiger partial charge >= 0.3 is 0 Å². The molecule has 0 saturated heterocycles. The van der Waals surface area contributed by atoms with Gasteiger partial charge in [-0.2, -0.15) is 0 Å². The zero-order valence-electron chi connectivity index (χ0n) is 9.55. The fraction of sp³-hybridized carbons (Fsp3) is 0.333. The van der Waals surface area contributed by atoms with Crippen LogP contribution in [-0.4, -0.2) is 22.1 Å². The zero-order valence-corrected chi connectivity index (χ0v) is 9.55. The third kappa shape index (κ3) is 2.59. The number of aromatic nitrogens is 3. The Labute approximate surface area is 94.9 Å². The van der Waals surface area contributed by atoms with Crippen LogP contribution < -0.4 is 4.74 Å². The third-order valence-corrected chi connectivity index (χ3v) is 2.48. The van der Waals surface area contributed by atoms with Crippen molar-refractivity contribution in [1.82, 2.24) is 15.0 Å². The van der Waals surface area contributed by atoms with Gasteiger partial charge in [0.15, 0.2) is 0 Å². The Kier molecular flexibility index (Phi) is 3.19. The van der Waals surface area contributed by atoms with Crippen molar-refractivity contribution in [3.05, 3.63) is 41.7 Å². The van der Waals surface area contributed by atoms with Crippen LogP contribution in [0, 0.1) is 0 Å². The van der Waals surface area contributed by atoms with E-state index in [2.05, 4.69) is 22.4 Å². The zero-order chi connectivity index (χ0) is 11.4. The first kappa shape index (κ1) is 10.7. The molecule has 0 bridgehead atoms. The van der Waals surface area contributed by atoms with Gasteiger partial charge in [0, 0.05) is 13.2 Å². The number of hydrogen-bond acceptors (Lipinski definition) is 3. The summed E-state index contributed by atoms with van der Waals surface area (Å²) in [5.74, 6) is 0.892. The molecule has 0 N–H and O–H groups in total. The lowest BCUT2D eigenvalue weighted by Gasteiger charge is -2.01. The van der Waals surface area contributed by atoms with E-state index in [1.807, 2.05) is 25.4 Å². The number of hydrogen-bond donors (Lipinski definition) is 0. The summed E-state index contributed by atoms with van der Waals surface area (Å²) in [7, 11) is 3.55. The highest BCUT2D eigenvalue weighted by Gasteiger charge is 2.00. The molecule has 4 nitrogen and oxygen atoms in total. The van der Waals surface area contributed by atoms with Crippen molar-refractivity contribution in [2.75, 3.05) is 7.11 Å². The Morgan fingerprint density at radius 1 is 1.19 bits per heavy atom. The summed E-state index contributed by atoms with van der Waals surface area (Å²) in [6.45, 7) is 0. The SMILES string of the molecule is COc1ccc(CCc2cn(C)nn2)cc1. The molecule has 1 heterocycles. The molecule has 84 valence electrons. The van der Waals surface area contributed by atoms with Crippen molar-refractivity contribution in [3.8, 4) is 5.75 Å². The second-order valence-electron chi connectivity index (χ2n) is 3.73. The second kappa shape index (κ2) is 4.79. The first-order chi connectivity index (χ1) is 7.78. The van der Waals surface area contributed by atoms with Gasteiger partial charge in [0.05, 0.1) is 12.8 Å².